The van der Waals surface area contributed by atoms with Gasteiger partial charge in [-0.05, 0) is 30.9 Å². The number of Topliss-reactive ketones (excluding diaryl/α,β-unsaturated/α-hetero) is 1. The van der Waals surface area contributed by atoms with Gasteiger partial charge >= 0.3 is 0 Å². The number of hydrogen-bond donors (Lipinski definition) is 1. The van der Waals surface area contributed by atoms with E-state index in [1.165, 1.54) is 5.56 Å². The van der Waals surface area contributed by atoms with E-state index in [1.54, 1.807) is 0 Å². The highest BCUT2D eigenvalue weighted by Crippen LogP contribution is 2.34. The lowest BCUT2D eigenvalue weighted by Crippen LogP contribution is -2.27. The van der Waals surface area contributed by atoms with E-state index in [0.717, 1.165) is 31.5 Å². The second-order valence-electron chi connectivity index (χ2n) is 4.77. The molecule has 0 radical (unpaired) electrons. The van der Waals surface area contributed by atoms with Gasteiger partial charge in [-0.2, -0.15) is 0 Å². The van der Waals surface area contributed by atoms with Crippen LogP contribution in [0.4, 0.5) is 5.69 Å². The van der Waals surface area contributed by atoms with Crippen LogP contribution in [0.2, 0.25) is 0 Å². The molecule has 1 atom stereocenters. The lowest BCUT2D eigenvalue weighted by atomic mass is 9.81. The SMILES string of the molecule is CCC(CC)C(=O)C1CCNc2ccccc21. The number of carbonyl (C=O) groups excluding carboxylic acids is 1. The topological polar surface area (TPSA) is 29.1 Å². The molecule has 0 fully saturated rings. The predicted molar refractivity (Wildman–Crippen MR) is 71.4 cm³/mol. The molecule has 1 aliphatic heterocycles. The maximum absolute atomic E-state index is 12.5. The zero-order chi connectivity index (χ0) is 12.3. The van der Waals surface area contributed by atoms with Crippen LogP contribution in [0, 0.1) is 5.92 Å². The summed E-state index contributed by atoms with van der Waals surface area (Å²) in [4.78, 5) is 12.5. The minimum atomic E-state index is 0.109. The smallest absolute Gasteiger partial charge is 0.143 e. The Morgan fingerprint density at radius 1 is 1.35 bits per heavy atom. The van der Waals surface area contributed by atoms with Crippen LogP contribution in [0.5, 0.6) is 0 Å². The highest BCUT2D eigenvalue weighted by Gasteiger charge is 2.29. The summed E-state index contributed by atoms with van der Waals surface area (Å²) in [5.41, 5.74) is 2.33. The molecule has 2 heteroatoms. The van der Waals surface area contributed by atoms with Gasteiger partial charge in [0.15, 0.2) is 0 Å². The van der Waals surface area contributed by atoms with Gasteiger partial charge in [0, 0.05) is 24.1 Å². The number of carbonyl (C=O) groups is 1. The second kappa shape index (κ2) is 5.35. The Labute approximate surface area is 103 Å². The van der Waals surface area contributed by atoms with E-state index in [0.29, 0.717) is 5.78 Å². The first-order valence-electron chi connectivity index (χ1n) is 6.64. The summed E-state index contributed by atoms with van der Waals surface area (Å²) in [5, 5.41) is 3.37. The van der Waals surface area contributed by atoms with Crippen molar-refractivity contribution in [2.45, 2.75) is 39.0 Å². The molecule has 1 N–H and O–H groups in total. The molecule has 0 saturated heterocycles. The van der Waals surface area contributed by atoms with E-state index in [1.807, 2.05) is 12.1 Å². The fraction of sp³-hybridized carbons (Fsp3) is 0.533. The molecule has 2 rings (SSSR count). The van der Waals surface area contributed by atoms with Gasteiger partial charge in [-0.25, -0.2) is 0 Å². The Kier molecular flexibility index (Phi) is 3.82. The van der Waals surface area contributed by atoms with Gasteiger partial charge in [0.2, 0.25) is 0 Å². The molecule has 1 aromatic rings. The van der Waals surface area contributed by atoms with Crippen LogP contribution in [0.15, 0.2) is 24.3 Å². The van der Waals surface area contributed by atoms with E-state index in [-0.39, 0.29) is 11.8 Å². The third-order valence-corrected chi connectivity index (χ3v) is 3.82. The number of fused-ring (bicyclic) bond motifs is 1. The number of nitrogens with one attached hydrogen (secondary N) is 1. The molecular weight excluding hydrogens is 210 g/mol. The summed E-state index contributed by atoms with van der Waals surface area (Å²) in [6.07, 6.45) is 2.86. The van der Waals surface area contributed by atoms with Crippen LogP contribution in [0.25, 0.3) is 0 Å². The monoisotopic (exact) mass is 231 g/mol. The average molecular weight is 231 g/mol. The zero-order valence-corrected chi connectivity index (χ0v) is 10.7. The van der Waals surface area contributed by atoms with Gasteiger partial charge in [0.25, 0.3) is 0 Å². The van der Waals surface area contributed by atoms with Crippen LogP contribution in [-0.4, -0.2) is 12.3 Å². The van der Waals surface area contributed by atoms with Gasteiger partial charge in [0.1, 0.15) is 5.78 Å². The quantitative estimate of drug-likeness (QED) is 0.858. The molecule has 1 aromatic carbocycles. The number of rotatable bonds is 4. The third kappa shape index (κ3) is 2.36. The molecule has 0 bridgehead atoms. The molecule has 0 amide bonds. The molecule has 0 saturated carbocycles. The molecule has 0 aliphatic carbocycles. The minimum absolute atomic E-state index is 0.109. The van der Waals surface area contributed by atoms with Crippen molar-refractivity contribution in [2.24, 2.45) is 5.92 Å². The van der Waals surface area contributed by atoms with Gasteiger partial charge in [-0.1, -0.05) is 32.0 Å². The molecular formula is C15H21NO. The van der Waals surface area contributed by atoms with Crippen molar-refractivity contribution in [1.29, 1.82) is 0 Å². The van der Waals surface area contributed by atoms with Crippen molar-refractivity contribution < 1.29 is 4.79 Å². The molecule has 0 aromatic heterocycles. The standard InChI is InChI=1S/C15H21NO/c1-3-11(4-2)15(17)13-9-10-16-14-8-6-5-7-12(13)14/h5-8,11,13,16H,3-4,9-10H2,1-2H3. The van der Waals surface area contributed by atoms with Gasteiger partial charge < -0.3 is 5.32 Å². The number of benzene rings is 1. The number of anilines is 1. The van der Waals surface area contributed by atoms with E-state index >= 15 is 0 Å². The highest BCUT2D eigenvalue weighted by atomic mass is 16.1. The molecule has 1 aliphatic rings. The largest absolute Gasteiger partial charge is 0.385 e. The lowest BCUT2D eigenvalue weighted by Gasteiger charge is -2.28. The molecule has 0 spiro atoms. The highest BCUT2D eigenvalue weighted by molar-refractivity contribution is 5.90. The van der Waals surface area contributed by atoms with E-state index < -0.39 is 0 Å². The van der Waals surface area contributed by atoms with Crippen LogP contribution >= 0.6 is 0 Å². The van der Waals surface area contributed by atoms with Gasteiger partial charge in [-0.3, -0.25) is 4.79 Å². The minimum Gasteiger partial charge on any atom is -0.385 e. The van der Waals surface area contributed by atoms with E-state index in [2.05, 4.69) is 31.3 Å². The van der Waals surface area contributed by atoms with Gasteiger partial charge in [0.05, 0.1) is 0 Å². The summed E-state index contributed by atoms with van der Waals surface area (Å²) < 4.78 is 0. The Hall–Kier alpha value is -1.31. The maximum Gasteiger partial charge on any atom is 0.143 e. The Balaban J connectivity index is 2.26. The van der Waals surface area contributed by atoms with E-state index in [9.17, 15) is 4.79 Å². The normalized spacial score (nSPS) is 18.6. The molecule has 2 nitrogen and oxygen atoms in total. The zero-order valence-electron chi connectivity index (χ0n) is 10.7. The lowest BCUT2D eigenvalue weighted by molar-refractivity contribution is -0.124. The molecule has 17 heavy (non-hydrogen) atoms. The first kappa shape index (κ1) is 12.2. The van der Waals surface area contributed by atoms with E-state index in [4.69, 9.17) is 0 Å². The summed E-state index contributed by atoms with van der Waals surface area (Å²) in [7, 11) is 0. The maximum atomic E-state index is 12.5. The fourth-order valence-electron chi connectivity index (χ4n) is 2.74. The molecule has 1 unspecified atom stereocenters. The van der Waals surface area contributed by atoms with Crippen LogP contribution < -0.4 is 5.32 Å². The van der Waals surface area contributed by atoms with Crippen LogP contribution in [0.3, 0.4) is 0 Å². The number of ketones is 1. The first-order chi connectivity index (χ1) is 8.27. The second-order valence-corrected chi connectivity index (χ2v) is 4.77. The first-order valence-corrected chi connectivity index (χ1v) is 6.64. The van der Waals surface area contributed by atoms with Crippen molar-refractivity contribution >= 4 is 11.5 Å². The summed E-state index contributed by atoms with van der Waals surface area (Å²) in [5.74, 6) is 0.771. The van der Waals surface area contributed by atoms with Crippen LogP contribution in [-0.2, 0) is 4.79 Å². The third-order valence-electron chi connectivity index (χ3n) is 3.82. The van der Waals surface area contributed by atoms with Crippen molar-refractivity contribution in [2.75, 3.05) is 11.9 Å². The summed E-state index contributed by atoms with van der Waals surface area (Å²) in [6.45, 7) is 5.13. The van der Waals surface area contributed by atoms with Crippen molar-refractivity contribution in [3.05, 3.63) is 29.8 Å². The van der Waals surface area contributed by atoms with Crippen molar-refractivity contribution in [1.82, 2.24) is 0 Å². The average Bonchev–Trinajstić information content (AvgIpc) is 2.39. The Morgan fingerprint density at radius 2 is 2.06 bits per heavy atom. The molecule has 1 heterocycles. The number of para-hydroxylation sites is 1. The Bertz CT molecular complexity index is 396. The Morgan fingerprint density at radius 3 is 2.76 bits per heavy atom. The molecule has 92 valence electrons. The fourth-order valence-corrected chi connectivity index (χ4v) is 2.74. The van der Waals surface area contributed by atoms with Crippen molar-refractivity contribution in [3.8, 4) is 0 Å². The number of hydrogen-bond acceptors (Lipinski definition) is 2. The van der Waals surface area contributed by atoms with Crippen LogP contribution in [0.1, 0.15) is 44.6 Å². The summed E-state index contributed by atoms with van der Waals surface area (Å²) >= 11 is 0. The van der Waals surface area contributed by atoms with Crippen molar-refractivity contribution in [3.63, 3.8) is 0 Å². The summed E-state index contributed by atoms with van der Waals surface area (Å²) in [6, 6.07) is 8.21. The predicted octanol–water partition coefficient (Wildman–Crippen LogP) is 3.59. The van der Waals surface area contributed by atoms with Gasteiger partial charge in [-0.15, -0.1) is 0 Å².